The van der Waals surface area contributed by atoms with Crippen molar-refractivity contribution in [3.05, 3.63) is 71.0 Å². The van der Waals surface area contributed by atoms with Crippen molar-refractivity contribution >= 4 is 11.8 Å². The van der Waals surface area contributed by atoms with Crippen LogP contribution in [-0.4, -0.2) is 50.4 Å². The maximum absolute atomic E-state index is 14.2. The van der Waals surface area contributed by atoms with Gasteiger partial charge in [0.1, 0.15) is 5.82 Å². The summed E-state index contributed by atoms with van der Waals surface area (Å²) in [4.78, 5) is 26.2. The number of halogens is 1. The van der Waals surface area contributed by atoms with Crippen LogP contribution in [0.4, 0.5) is 4.39 Å². The zero-order valence-corrected chi connectivity index (χ0v) is 17.1. The lowest BCUT2D eigenvalue weighted by Crippen LogP contribution is -2.42. The minimum atomic E-state index is -0.535. The van der Waals surface area contributed by atoms with Crippen molar-refractivity contribution in [3.63, 3.8) is 0 Å². The van der Waals surface area contributed by atoms with Crippen molar-refractivity contribution in [2.45, 2.75) is 24.8 Å². The Bertz CT molecular complexity index is 870. The molecule has 3 atom stereocenters. The van der Waals surface area contributed by atoms with E-state index in [-0.39, 0.29) is 23.4 Å². The third-order valence-electron chi connectivity index (χ3n) is 5.57. The Hall–Kier alpha value is -2.73. The third kappa shape index (κ3) is 5.21. The summed E-state index contributed by atoms with van der Waals surface area (Å²) >= 11 is 0. The first-order valence-electron chi connectivity index (χ1n) is 9.90. The monoisotopic (exact) mass is 397 g/mol. The quantitative estimate of drug-likeness (QED) is 0.720. The van der Waals surface area contributed by atoms with Gasteiger partial charge in [0, 0.05) is 25.6 Å². The zero-order chi connectivity index (χ0) is 21.0. The predicted octanol–water partition coefficient (Wildman–Crippen LogP) is 2.58. The number of nitrogens with one attached hydrogen (secondary N) is 2. The minimum Gasteiger partial charge on any atom is -0.355 e. The van der Waals surface area contributed by atoms with Crippen molar-refractivity contribution in [3.8, 4) is 0 Å². The largest absolute Gasteiger partial charge is 0.355 e. The van der Waals surface area contributed by atoms with Gasteiger partial charge in [-0.15, -0.1) is 0 Å². The van der Waals surface area contributed by atoms with Crippen LogP contribution in [0.15, 0.2) is 48.5 Å². The Morgan fingerprint density at radius 1 is 1.17 bits per heavy atom. The number of carbonyl (C=O) groups is 2. The summed E-state index contributed by atoms with van der Waals surface area (Å²) in [5.41, 5.74) is 2.03. The summed E-state index contributed by atoms with van der Waals surface area (Å²) in [5.74, 6) is -0.563. The molecule has 1 saturated carbocycles. The van der Waals surface area contributed by atoms with E-state index in [4.69, 9.17) is 0 Å². The van der Waals surface area contributed by atoms with Gasteiger partial charge < -0.3 is 15.5 Å². The number of hydrogen-bond acceptors (Lipinski definition) is 3. The molecule has 0 saturated heterocycles. The number of likely N-dealkylation sites (N-methyl/N-ethyl adjacent to an activating group) is 1. The lowest BCUT2D eigenvalue weighted by Gasteiger charge is -2.25. The molecule has 5 nitrogen and oxygen atoms in total. The van der Waals surface area contributed by atoms with Crippen LogP contribution in [0.25, 0.3) is 0 Å². The molecule has 29 heavy (non-hydrogen) atoms. The number of benzene rings is 2. The number of hydrogen-bond donors (Lipinski definition) is 2. The van der Waals surface area contributed by atoms with E-state index < -0.39 is 11.7 Å². The molecule has 0 radical (unpaired) electrons. The molecule has 154 valence electrons. The Kier molecular flexibility index (Phi) is 6.64. The van der Waals surface area contributed by atoms with Gasteiger partial charge in [0.2, 0.25) is 5.91 Å². The molecule has 0 aromatic heterocycles. The van der Waals surface area contributed by atoms with Crippen LogP contribution in [-0.2, 0) is 11.2 Å². The molecule has 0 bridgehead atoms. The van der Waals surface area contributed by atoms with E-state index in [1.165, 1.54) is 24.7 Å². The zero-order valence-electron chi connectivity index (χ0n) is 17.1. The van der Waals surface area contributed by atoms with Gasteiger partial charge in [-0.25, -0.2) is 4.39 Å². The second-order valence-electron chi connectivity index (χ2n) is 7.82. The van der Waals surface area contributed by atoms with Crippen LogP contribution in [0, 0.1) is 11.7 Å². The van der Waals surface area contributed by atoms with Gasteiger partial charge in [-0.1, -0.05) is 36.4 Å². The van der Waals surface area contributed by atoms with Crippen LogP contribution in [0.5, 0.6) is 0 Å². The van der Waals surface area contributed by atoms with Gasteiger partial charge >= 0.3 is 0 Å². The highest BCUT2D eigenvalue weighted by Gasteiger charge is 2.43. The van der Waals surface area contributed by atoms with Crippen LogP contribution < -0.4 is 10.6 Å². The maximum atomic E-state index is 14.2. The van der Waals surface area contributed by atoms with E-state index in [1.54, 1.807) is 6.07 Å². The fourth-order valence-electron chi connectivity index (χ4n) is 3.62. The molecule has 2 aromatic rings. The van der Waals surface area contributed by atoms with Crippen LogP contribution in [0.3, 0.4) is 0 Å². The predicted molar refractivity (Wildman–Crippen MR) is 111 cm³/mol. The van der Waals surface area contributed by atoms with E-state index in [1.807, 2.05) is 37.2 Å². The topological polar surface area (TPSA) is 61.4 Å². The van der Waals surface area contributed by atoms with Crippen molar-refractivity contribution in [1.82, 2.24) is 15.5 Å². The van der Waals surface area contributed by atoms with Crippen molar-refractivity contribution in [1.29, 1.82) is 0 Å². The van der Waals surface area contributed by atoms with Gasteiger partial charge in [0.25, 0.3) is 5.91 Å². The molecule has 3 unspecified atom stereocenters. The van der Waals surface area contributed by atoms with Crippen molar-refractivity contribution in [2.75, 3.05) is 27.7 Å². The molecule has 0 spiro atoms. The second-order valence-corrected chi connectivity index (χ2v) is 7.82. The summed E-state index contributed by atoms with van der Waals surface area (Å²) in [7, 11) is 5.36. The van der Waals surface area contributed by atoms with Crippen molar-refractivity contribution in [2.24, 2.45) is 5.92 Å². The van der Waals surface area contributed by atoms with Gasteiger partial charge in [-0.2, -0.15) is 0 Å². The van der Waals surface area contributed by atoms with E-state index in [0.717, 1.165) is 12.0 Å². The Labute approximate surface area is 171 Å². The first-order valence-corrected chi connectivity index (χ1v) is 9.90. The summed E-state index contributed by atoms with van der Waals surface area (Å²) < 4.78 is 14.2. The first-order chi connectivity index (χ1) is 13.9. The van der Waals surface area contributed by atoms with Crippen LogP contribution in [0.2, 0.25) is 0 Å². The molecule has 0 aliphatic heterocycles. The lowest BCUT2D eigenvalue weighted by atomic mass is 10.0. The lowest BCUT2D eigenvalue weighted by molar-refractivity contribution is -0.122. The summed E-state index contributed by atoms with van der Waals surface area (Å²) in [6.45, 7) is 0.489. The van der Waals surface area contributed by atoms with E-state index in [2.05, 4.69) is 22.8 Å². The molecule has 2 aromatic carbocycles. The molecule has 0 heterocycles. The minimum absolute atomic E-state index is 0.0260. The van der Waals surface area contributed by atoms with Gasteiger partial charge in [0.15, 0.2) is 0 Å². The highest BCUT2D eigenvalue weighted by Crippen LogP contribution is 2.47. The Morgan fingerprint density at radius 3 is 2.52 bits per heavy atom. The van der Waals surface area contributed by atoms with Crippen LogP contribution in [0.1, 0.15) is 33.8 Å². The average molecular weight is 397 g/mol. The summed E-state index contributed by atoms with van der Waals surface area (Å²) in [6.07, 6.45) is 1.46. The Morgan fingerprint density at radius 2 is 1.90 bits per heavy atom. The van der Waals surface area contributed by atoms with Crippen LogP contribution >= 0.6 is 0 Å². The number of amides is 2. The van der Waals surface area contributed by atoms with Gasteiger partial charge in [-0.05, 0) is 56.1 Å². The maximum Gasteiger partial charge on any atom is 0.253 e. The summed E-state index contributed by atoms with van der Waals surface area (Å²) in [5, 5.41) is 5.49. The molecular formula is C23H28FN3O2. The molecule has 2 N–H and O–H groups in total. The number of rotatable bonds is 8. The standard InChI is InChI=1S/C23H28FN3O2/c1-25-22(28)18-10-9-15(12-21(18)24)11-17(27(2)3)14-26-23(29)20-13-19(20)16-7-5-4-6-8-16/h4-10,12,17,19-20H,11,13-14H2,1-3H3,(H,25,28)(H,26,29). The molecule has 1 fully saturated rings. The molecule has 3 rings (SSSR count). The second kappa shape index (κ2) is 9.18. The summed E-state index contributed by atoms with van der Waals surface area (Å²) in [6, 6.07) is 14.8. The number of nitrogens with zero attached hydrogens (tertiary/aromatic N) is 1. The Balaban J connectivity index is 1.56. The van der Waals surface area contributed by atoms with Gasteiger partial charge in [-0.3, -0.25) is 9.59 Å². The molecular weight excluding hydrogens is 369 g/mol. The fourth-order valence-corrected chi connectivity index (χ4v) is 3.62. The SMILES string of the molecule is CNC(=O)c1ccc(CC(CNC(=O)C2CC2c2ccccc2)N(C)C)cc1F. The van der Waals surface area contributed by atoms with E-state index in [9.17, 15) is 14.0 Å². The number of carbonyl (C=O) groups excluding carboxylic acids is 2. The highest BCUT2D eigenvalue weighted by molar-refractivity contribution is 5.94. The molecule has 1 aliphatic carbocycles. The van der Waals surface area contributed by atoms with Crippen molar-refractivity contribution < 1.29 is 14.0 Å². The first kappa shape index (κ1) is 21.0. The smallest absolute Gasteiger partial charge is 0.253 e. The average Bonchev–Trinajstić information content (AvgIpc) is 3.52. The van der Waals surface area contributed by atoms with Gasteiger partial charge in [0.05, 0.1) is 5.56 Å². The van der Waals surface area contributed by atoms with E-state index in [0.29, 0.717) is 18.9 Å². The third-order valence-corrected chi connectivity index (χ3v) is 5.57. The fraction of sp³-hybridized carbons (Fsp3) is 0.391. The highest BCUT2D eigenvalue weighted by atomic mass is 19.1. The molecule has 1 aliphatic rings. The van der Waals surface area contributed by atoms with E-state index >= 15 is 0 Å². The normalized spacial score (nSPS) is 18.9. The molecule has 2 amide bonds. The molecule has 6 heteroatoms.